The van der Waals surface area contributed by atoms with E-state index in [4.69, 9.17) is 9.84 Å². The lowest BCUT2D eigenvalue weighted by Crippen LogP contribution is -1.95. The molecule has 0 atom stereocenters. The second-order valence-corrected chi connectivity index (χ2v) is 2.91. The van der Waals surface area contributed by atoms with Gasteiger partial charge in [-0.05, 0) is 18.2 Å². The van der Waals surface area contributed by atoms with Crippen molar-refractivity contribution in [3.05, 3.63) is 35.2 Å². The van der Waals surface area contributed by atoms with Crippen LogP contribution in [-0.4, -0.2) is 24.5 Å². The summed E-state index contributed by atoms with van der Waals surface area (Å²) in [6.45, 7) is 0. The first-order valence-corrected chi connectivity index (χ1v) is 4.32. The van der Waals surface area contributed by atoms with Gasteiger partial charge in [-0.3, -0.25) is 4.79 Å². The molecule has 4 nitrogen and oxygen atoms in total. The predicted octanol–water partition coefficient (Wildman–Crippen LogP) is 1.74. The van der Waals surface area contributed by atoms with E-state index in [-0.39, 0.29) is 16.9 Å². The van der Waals surface area contributed by atoms with E-state index in [0.29, 0.717) is 6.29 Å². The first-order valence-electron chi connectivity index (χ1n) is 4.32. The summed E-state index contributed by atoms with van der Waals surface area (Å²) < 4.78 is 18.1. The zero-order valence-corrected chi connectivity index (χ0v) is 8.44. The minimum absolute atomic E-state index is 0.0944. The molecule has 0 bridgehead atoms. The molecule has 1 aromatic rings. The maximum absolute atomic E-state index is 13.4. The highest BCUT2D eigenvalue weighted by Gasteiger charge is 2.09. The topological polar surface area (TPSA) is 63.6 Å². The van der Waals surface area contributed by atoms with Gasteiger partial charge >= 0.3 is 5.97 Å². The summed E-state index contributed by atoms with van der Waals surface area (Å²) in [6.07, 6.45) is 2.48. The molecule has 0 saturated carbocycles. The van der Waals surface area contributed by atoms with Crippen molar-refractivity contribution in [3.8, 4) is 5.75 Å². The van der Waals surface area contributed by atoms with Gasteiger partial charge in [0.25, 0.3) is 0 Å². The van der Waals surface area contributed by atoms with Gasteiger partial charge in [0.1, 0.15) is 6.29 Å². The first kappa shape index (κ1) is 11.9. The predicted molar refractivity (Wildman–Crippen MR) is 55.0 cm³/mol. The van der Waals surface area contributed by atoms with Crippen molar-refractivity contribution >= 4 is 18.3 Å². The molecule has 5 heteroatoms. The first-order chi connectivity index (χ1) is 7.58. The third-order valence-electron chi connectivity index (χ3n) is 1.84. The van der Waals surface area contributed by atoms with Crippen molar-refractivity contribution in [2.75, 3.05) is 7.11 Å². The number of halogens is 1. The van der Waals surface area contributed by atoms with Gasteiger partial charge < -0.3 is 9.84 Å². The highest BCUT2D eigenvalue weighted by molar-refractivity contribution is 5.87. The molecule has 0 heterocycles. The Hall–Kier alpha value is -2.17. The molecular weight excluding hydrogens is 215 g/mol. The third-order valence-corrected chi connectivity index (χ3v) is 1.84. The SMILES string of the molecule is COc1c(F)cc(C=O)cc1/C=C/C(=O)O. The number of hydrogen-bond acceptors (Lipinski definition) is 3. The van der Waals surface area contributed by atoms with Gasteiger partial charge in [-0.1, -0.05) is 0 Å². The largest absolute Gasteiger partial charge is 0.493 e. The zero-order chi connectivity index (χ0) is 12.1. The Kier molecular flexibility index (Phi) is 3.77. The van der Waals surface area contributed by atoms with Crippen LogP contribution < -0.4 is 4.74 Å². The second kappa shape index (κ2) is 5.06. The van der Waals surface area contributed by atoms with Crippen LogP contribution in [-0.2, 0) is 4.79 Å². The van der Waals surface area contributed by atoms with Crippen LogP contribution >= 0.6 is 0 Å². The Morgan fingerprint density at radius 1 is 1.50 bits per heavy atom. The summed E-state index contributed by atoms with van der Waals surface area (Å²) in [6, 6.07) is 2.36. The number of benzene rings is 1. The van der Waals surface area contributed by atoms with Gasteiger partial charge in [-0.2, -0.15) is 0 Å². The molecule has 0 spiro atoms. The maximum Gasteiger partial charge on any atom is 0.328 e. The molecule has 1 rings (SSSR count). The van der Waals surface area contributed by atoms with Crippen molar-refractivity contribution in [1.82, 2.24) is 0 Å². The van der Waals surface area contributed by atoms with E-state index in [9.17, 15) is 14.0 Å². The average molecular weight is 224 g/mol. The molecule has 1 aromatic carbocycles. The Morgan fingerprint density at radius 2 is 2.19 bits per heavy atom. The maximum atomic E-state index is 13.4. The fraction of sp³-hybridized carbons (Fsp3) is 0.0909. The molecule has 0 fully saturated rings. The molecule has 0 unspecified atom stereocenters. The number of carboxylic acids is 1. The number of carboxylic acid groups (broad SMARTS) is 1. The van der Waals surface area contributed by atoms with Crippen LogP contribution in [0.4, 0.5) is 4.39 Å². The zero-order valence-electron chi connectivity index (χ0n) is 8.44. The molecule has 16 heavy (non-hydrogen) atoms. The van der Waals surface area contributed by atoms with Gasteiger partial charge in [0.05, 0.1) is 7.11 Å². The summed E-state index contributed by atoms with van der Waals surface area (Å²) in [5.41, 5.74) is 0.315. The number of rotatable bonds is 4. The fourth-order valence-electron chi connectivity index (χ4n) is 1.20. The van der Waals surface area contributed by atoms with Gasteiger partial charge in [0.15, 0.2) is 11.6 Å². The van der Waals surface area contributed by atoms with Crippen LogP contribution in [0.1, 0.15) is 15.9 Å². The highest BCUT2D eigenvalue weighted by atomic mass is 19.1. The smallest absolute Gasteiger partial charge is 0.328 e. The molecule has 0 aliphatic heterocycles. The monoisotopic (exact) mass is 224 g/mol. The van der Waals surface area contributed by atoms with Crippen molar-refractivity contribution < 1.29 is 23.8 Å². The molecule has 0 radical (unpaired) electrons. The van der Waals surface area contributed by atoms with E-state index >= 15 is 0 Å². The summed E-state index contributed by atoms with van der Waals surface area (Å²) in [5.74, 6) is -1.97. The lowest BCUT2D eigenvalue weighted by molar-refractivity contribution is -0.131. The van der Waals surface area contributed by atoms with Gasteiger partial charge in [0.2, 0.25) is 0 Å². The van der Waals surface area contributed by atoms with E-state index in [1.807, 2.05) is 0 Å². The van der Waals surface area contributed by atoms with Crippen LogP contribution in [0.2, 0.25) is 0 Å². The second-order valence-electron chi connectivity index (χ2n) is 2.91. The Bertz CT molecular complexity index is 452. The molecular formula is C11H9FO4. The molecule has 0 aliphatic rings. The summed E-state index contributed by atoms with van der Waals surface area (Å²) >= 11 is 0. The summed E-state index contributed by atoms with van der Waals surface area (Å²) in [4.78, 5) is 20.8. The average Bonchev–Trinajstić information content (AvgIpc) is 2.25. The number of aldehydes is 1. The van der Waals surface area contributed by atoms with Crippen LogP contribution in [0, 0.1) is 5.82 Å². The van der Waals surface area contributed by atoms with Crippen LogP contribution in [0.25, 0.3) is 6.08 Å². The van der Waals surface area contributed by atoms with Crippen molar-refractivity contribution in [1.29, 1.82) is 0 Å². The van der Waals surface area contributed by atoms with Crippen LogP contribution in [0.5, 0.6) is 5.75 Å². The minimum Gasteiger partial charge on any atom is -0.493 e. The molecule has 84 valence electrons. The van der Waals surface area contributed by atoms with Crippen LogP contribution in [0.15, 0.2) is 18.2 Å². The molecule has 0 amide bonds. The summed E-state index contributed by atoms with van der Waals surface area (Å²) in [7, 11) is 1.26. The standard InChI is InChI=1S/C11H9FO4/c1-16-11-8(2-3-10(14)15)4-7(6-13)5-9(11)12/h2-6H,1H3,(H,14,15)/b3-2+. The molecule has 0 aromatic heterocycles. The number of carbonyl (C=O) groups excluding carboxylic acids is 1. The van der Waals surface area contributed by atoms with E-state index in [2.05, 4.69) is 0 Å². The molecule has 1 N–H and O–H groups in total. The highest BCUT2D eigenvalue weighted by Crippen LogP contribution is 2.25. The number of ether oxygens (including phenoxy) is 1. The summed E-state index contributed by atoms with van der Waals surface area (Å²) in [5, 5.41) is 8.44. The lowest BCUT2D eigenvalue weighted by Gasteiger charge is -2.06. The Labute approximate surface area is 91.0 Å². The van der Waals surface area contributed by atoms with E-state index in [1.165, 1.54) is 13.2 Å². The number of hydrogen-bond donors (Lipinski definition) is 1. The lowest BCUT2D eigenvalue weighted by atomic mass is 10.1. The normalized spacial score (nSPS) is 10.4. The van der Waals surface area contributed by atoms with Gasteiger partial charge in [-0.25, -0.2) is 9.18 Å². The quantitative estimate of drug-likeness (QED) is 0.625. The van der Waals surface area contributed by atoms with Crippen LogP contribution in [0.3, 0.4) is 0 Å². The Morgan fingerprint density at radius 3 is 2.69 bits per heavy atom. The van der Waals surface area contributed by atoms with E-state index in [1.54, 1.807) is 0 Å². The minimum atomic E-state index is -1.17. The number of methoxy groups -OCH3 is 1. The molecule has 0 aliphatic carbocycles. The molecule has 0 saturated heterocycles. The van der Waals surface area contributed by atoms with E-state index in [0.717, 1.165) is 18.2 Å². The van der Waals surface area contributed by atoms with E-state index < -0.39 is 11.8 Å². The Balaban J connectivity index is 3.28. The number of aliphatic carboxylic acids is 1. The van der Waals surface area contributed by atoms with Gasteiger partial charge in [0, 0.05) is 17.2 Å². The van der Waals surface area contributed by atoms with Crippen molar-refractivity contribution in [2.24, 2.45) is 0 Å². The van der Waals surface area contributed by atoms with Gasteiger partial charge in [-0.15, -0.1) is 0 Å². The fourth-order valence-corrected chi connectivity index (χ4v) is 1.20. The number of carbonyl (C=O) groups is 2. The third kappa shape index (κ3) is 2.66. The van der Waals surface area contributed by atoms with Crippen molar-refractivity contribution in [3.63, 3.8) is 0 Å². The van der Waals surface area contributed by atoms with Crippen molar-refractivity contribution in [2.45, 2.75) is 0 Å².